The maximum atomic E-state index is 11.9. The Hall–Kier alpha value is -2.21. The molecule has 0 spiro atoms. The van der Waals surface area contributed by atoms with Crippen LogP contribution < -0.4 is 5.32 Å². The smallest absolute Gasteiger partial charge is 0.270 e. The van der Waals surface area contributed by atoms with Crippen LogP contribution in [0.25, 0.3) is 0 Å². The number of nitrogens with one attached hydrogen (secondary N) is 1. The van der Waals surface area contributed by atoms with Gasteiger partial charge >= 0.3 is 0 Å². The highest BCUT2D eigenvalue weighted by atomic mass is 32.1. The summed E-state index contributed by atoms with van der Waals surface area (Å²) in [5, 5.41) is 9.06. The normalized spacial score (nSPS) is 17.7. The van der Waals surface area contributed by atoms with Crippen LogP contribution in [0.3, 0.4) is 0 Å². The third kappa shape index (κ3) is 2.63. The molecular weight excluding hydrogens is 262 g/mol. The number of oxime groups is 1. The highest BCUT2D eigenvalue weighted by Crippen LogP contribution is 2.19. The van der Waals surface area contributed by atoms with Gasteiger partial charge in [-0.15, -0.1) is 11.3 Å². The van der Waals surface area contributed by atoms with Gasteiger partial charge in [-0.25, -0.2) is 4.98 Å². The van der Waals surface area contributed by atoms with Gasteiger partial charge in [0.1, 0.15) is 0 Å². The maximum Gasteiger partial charge on any atom is 0.270 e. The predicted octanol–water partition coefficient (Wildman–Crippen LogP) is 2.27. The van der Waals surface area contributed by atoms with Gasteiger partial charge in [0.15, 0.2) is 5.13 Å². The number of rotatable bonds is 3. The molecule has 0 bridgehead atoms. The molecule has 6 heteroatoms. The van der Waals surface area contributed by atoms with Gasteiger partial charge in [0.05, 0.1) is 5.71 Å². The van der Waals surface area contributed by atoms with Crippen LogP contribution in [0.2, 0.25) is 0 Å². The van der Waals surface area contributed by atoms with Crippen molar-refractivity contribution in [1.29, 1.82) is 0 Å². The summed E-state index contributed by atoms with van der Waals surface area (Å²) in [6.07, 6.45) is 1.53. The molecule has 2 aromatic rings. The molecule has 1 aliphatic heterocycles. The van der Waals surface area contributed by atoms with Gasteiger partial charge in [-0.2, -0.15) is 0 Å². The Morgan fingerprint density at radius 1 is 1.37 bits per heavy atom. The minimum atomic E-state index is -0.584. The van der Waals surface area contributed by atoms with Gasteiger partial charge in [-0.1, -0.05) is 35.5 Å². The average molecular weight is 273 g/mol. The second kappa shape index (κ2) is 5.19. The van der Waals surface area contributed by atoms with Crippen molar-refractivity contribution in [2.75, 3.05) is 5.32 Å². The zero-order valence-electron chi connectivity index (χ0n) is 9.95. The van der Waals surface area contributed by atoms with Gasteiger partial charge in [0.2, 0.25) is 6.10 Å². The minimum Gasteiger partial charge on any atom is -0.382 e. The largest absolute Gasteiger partial charge is 0.382 e. The number of amides is 1. The number of benzene rings is 1. The maximum absolute atomic E-state index is 11.9. The summed E-state index contributed by atoms with van der Waals surface area (Å²) in [5.74, 6) is -0.218. The van der Waals surface area contributed by atoms with Crippen LogP contribution in [0, 0.1) is 0 Å². The van der Waals surface area contributed by atoms with E-state index in [1.165, 1.54) is 11.3 Å². The SMILES string of the molecule is O=C(Nc1nccs1)[C@H]1CC(c2ccccc2)=NO1. The van der Waals surface area contributed by atoms with Crippen LogP contribution in [-0.2, 0) is 9.63 Å². The number of hydrogen-bond donors (Lipinski definition) is 1. The summed E-state index contributed by atoms with van der Waals surface area (Å²) in [4.78, 5) is 21.1. The lowest BCUT2D eigenvalue weighted by atomic mass is 10.1. The molecule has 1 atom stereocenters. The van der Waals surface area contributed by atoms with Crippen LogP contribution in [-0.4, -0.2) is 22.7 Å². The standard InChI is InChI=1S/C13H11N3O2S/c17-12(15-13-14-6-7-19-13)11-8-10(16-18-11)9-4-2-1-3-5-9/h1-7,11H,8H2,(H,14,15,17)/t11-/m1/s1. The summed E-state index contributed by atoms with van der Waals surface area (Å²) >= 11 is 1.37. The van der Waals surface area contributed by atoms with Crippen molar-refractivity contribution in [3.8, 4) is 0 Å². The molecule has 0 aliphatic carbocycles. The summed E-state index contributed by atoms with van der Waals surface area (Å²) in [7, 11) is 0. The molecular formula is C13H11N3O2S. The molecule has 1 N–H and O–H groups in total. The third-order valence-electron chi connectivity index (χ3n) is 2.73. The van der Waals surface area contributed by atoms with E-state index in [2.05, 4.69) is 15.5 Å². The number of carbonyl (C=O) groups excluding carboxylic acids is 1. The lowest BCUT2D eigenvalue weighted by molar-refractivity contribution is -0.125. The molecule has 2 heterocycles. The number of thiazole rings is 1. The number of hydrogen-bond acceptors (Lipinski definition) is 5. The molecule has 0 unspecified atom stereocenters. The van der Waals surface area contributed by atoms with Crippen molar-refractivity contribution in [1.82, 2.24) is 4.98 Å². The van der Waals surface area contributed by atoms with E-state index in [1.807, 2.05) is 30.3 Å². The van der Waals surface area contributed by atoms with Crippen LogP contribution in [0.4, 0.5) is 5.13 Å². The van der Waals surface area contributed by atoms with Crippen molar-refractivity contribution < 1.29 is 9.63 Å². The predicted molar refractivity (Wildman–Crippen MR) is 73.2 cm³/mol. The first-order chi connectivity index (χ1) is 9.33. The Labute approximate surface area is 113 Å². The molecule has 0 radical (unpaired) electrons. The highest BCUT2D eigenvalue weighted by molar-refractivity contribution is 7.13. The van der Waals surface area contributed by atoms with Gasteiger partial charge in [-0.05, 0) is 5.56 Å². The molecule has 1 amide bonds. The molecule has 0 saturated heterocycles. The van der Waals surface area contributed by atoms with E-state index in [9.17, 15) is 4.79 Å². The van der Waals surface area contributed by atoms with E-state index in [1.54, 1.807) is 11.6 Å². The van der Waals surface area contributed by atoms with Crippen molar-refractivity contribution in [2.45, 2.75) is 12.5 Å². The van der Waals surface area contributed by atoms with Crippen LogP contribution in [0.15, 0.2) is 47.1 Å². The monoisotopic (exact) mass is 273 g/mol. The lowest BCUT2D eigenvalue weighted by Gasteiger charge is -2.06. The lowest BCUT2D eigenvalue weighted by Crippen LogP contribution is -2.27. The fourth-order valence-electron chi connectivity index (χ4n) is 1.79. The molecule has 19 heavy (non-hydrogen) atoms. The second-order valence-corrected chi connectivity index (χ2v) is 4.92. The molecule has 96 valence electrons. The Kier molecular flexibility index (Phi) is 3.24. The topological polar surface area (TPSA) is 63.6 Å². The number of nitrogens with zero attached hydrogens (tertiary/aromatic N) is 2. The van der Waals surface area contributed by atoms with E-state index in [0.717, 1.165) is 11.3 Å². The molecule has 1 aromatic carbocycles. The molecule has 1 aliphatic rings. The molecule has 1 aromatic heterocycles. The quantitative estimate of drug-likeness (QED) is 0.933. The van der Waals surface area contributed by atoms with Gasteiger partial charge in [0, 0.05) is 18.0 Å². The molecule has 0 saturated carbocycles. The molecule has 3 rings (SSSR count). The minimum absolute atomic E-state index is 0.218. The summed E-state index contributed by atoms with van der Waals surface area (Å²) < 4.78 is 0. The third-order valence-corrected chi connectivity index (χ3v) is 3.42. The molecule has 0 fully saturated rings. The van der Waals surface area contributed by atoms with Crippen LogP contribution in [0.1, 0.15) is 12.0 Å². The van der Waals surface area contributed by atoms with Gasteiger partial charge < -0.3 is 4.84 Å². The van der Waals surface area contributed by atoms with E-state index in [-0.39, 0.29) is 5.91 Å². The second-order valence-electron chi connectivity index (χ2n) is 4.03. The fourth-order valence-corrected chi connectivity index (χ4v) is 2.32. The zero-order valence-corrected chi connectivity index (χ0v) is 10.8. The van der Waals surface area contributed by atoms with E-state index in [4.69, 9.17) is 4.84 Å². The summed E-state index contributed by atoms with van der Waals surface area (Å²) in [6, 6.07) is 9.70. The van der Waals surface area contributed by atoms with Crippen molar-refractivity contribution >= 4 is 28.1 Å². The Morgan fingerprint density at radius 3 is 2.95 bits per heavy atom. The highest BCUT2D eigenvalue weighted by Gasteiger charge is 2.29. The number of aromatic nitrogens is 1. The first-order valence-corrected chi connectivity index (χ1v) is 6.69. The fraction of sp³-hybridized carbons (Fsp3) is 0.154. The van der Waals surface area contributed by atoms with E-state index in [0.29, 0.717) is 11.6 Å². The zero-order chi connectivity index (χ0) is 13.1. The van der Waals surface area contributed by atoms with Gasteiger partial charge in [0.25, 0.3) is 5.91 Å². The Bertz CT molecular complexity index is 596. The van der Waals surface area contributed by atoms with Crippen molar-refractivity contribution in [3.05, 3.63) is 47.5 Å². The van der Waals surface area contributed by atoms with E-state index >= 15 is 0 Å². The first kappa shape index (κ1) is 11.9. The summed E-state index contributed by atoms with van der Waals surface area (Å²) in [6.45, 7) is 0. The number of anilines is 1. The van der Waals surface area contributed by atoms with Crippen molar-refractivity contribution in [2.24, 2.45) is 5.16 Å². The Balaban J connectivity index is 1.63. The summed E-state index contributed by atoms with van der Waals surface area (Å²) in [5.41, 5.74) is 1.77. The molecule has 5 nitrogen and oxygen atoms in total. The van der Waals surface area contributed by atoms with Crippen LogP contribution >= 0.6 is 11.3 Å². The van der Waals surface area contributed by atoms with Crippen molar-refractivity contribution in [3.63, 3.8) is 0 Å². The van der Waals surface area contributed by atoms with Crippen LogP contribution in [0.5, 0.6) is 0 Å². The average Bonchev–Trinajstić information content (AvgIpc) is 3.10. The Morgan fingerprint density at radius 2 is 2.21 bits per heavy atom. The number of carbonyl (C=O) groups is 1. The van der Waals surface area contributed by atoms with Gasteiger partial charge in [-0.3, -0.25) is 10.1 Å². The first-order valence-electron chi connectivity index (χ1n) is 5.81. The van der Waals surface area contributed by atoms with E-state index < -0.39 is 6.10 Å².